The molecule has 4 rings (SSSR count). The van der Waals surface area contributed by atoms with Crippen LogP contribution in [0.15, 0.2) is 52.1 Å². The summed E-state index contributed by atoms with van der Waals surface area (Å²) in [6.07, 6.45) is 0. The number of ether oxygens (including phenoxy) is 2. The van der Waals surface area contributed by atoms with Crippen LogP contribution < -0.4 is 14.8 Å². The fraction of sp³-hybridized carbons (Fsp3) is 0.111. The van der Waals surface area contributed by atoms with Crippen LogP contribution in [0.5, 0.6) is 11.5 Å². The van der Waals surface area contributed by atoms with Gasteiger partial charge in [0.2, 0.25) is 18.6 Å². The third-order valence-corrected chi connectivity index (χ3v) is 4.45. The van der Waals surface area contributed by atoms with E-state index in [0.29, 0.717) is 34.2 Å². The summed E-state index contributed by atoms with van der Waals surface area (Å²) in [5.74, 6) is 1.49. The molecule has 1 aliphatic heterocycles. The van der Waals surface area contributed by atoms with Crippen molar-refractivity contribution < 1.29 is 18.7 Å². The summed E-state index contributed by atoms with van der Waals surface area (Å²) in [5.41, 5.74) is 1.74. The highest BCUT2D eigenvalue weighted by Crippen LogP contribution is 2.36. The van der Waals surface area contributed by atoms with Crippen molar-refractivity contribution in [1.82, 2.24) is 10.2 Å². The molecule has 9 heteroatoms. The van der Waals surface area contributed by atoms with Crippen LogP contribution in [0.1, 0.15) is 5.56 Å². The highest BCUT2D eigenvalue weighted by atomic mass is 32.2. The summed E-state index contributed by atoms with van der Waals surface area (Å²) in [4.78, 5) is 12.1. The predicted octanol–water partition coefficient (Wildman–Crippen LogP) is 3.07. The third kappa shape index (κ3) is 3.86. The van der Waals surface area contributed by atoms with E-state index < -0.39 is 0 Å². The number of aromatic nitrogens is 2. The summed E-state index contributed by atoms with van der Waals surface area (Å²) in [6.45, 7) is 0.191. The molecule has 0 unspecified atom stereocenters. The topological polar surface area (TPSA) is 110 Å². The number of nitrogens with one attached hydrogen (secondary N) is 1. The zero-order chi connectivity index (χ0) is 18.6. The minimum atomic E-state index is -0.238. The van der Waals surface area contributed by atoms with Gasteiger partial charge in [0.15, 0.2) is 11.5 Å². The van der Waals surface area contributed by atoms with Gasteiger partial charge in [-0.05, 0) is 36.4 Å². The van der Waals surface area contributed by atoms with Crippen molar-refractivity contribution in [2.45, 2.75) is 5.22 Å². The summed E-state index contributed by atoms with van der Waals surface area (Å²) in [5, 5.41) is 19.8. The first-order valence-electron chi connectivity index (χ1n) is 7.87. The molecule has 1 amide bonds. The van der Waals surface area contributed by atoms with E-state index in [0.717, 1.165) is 11.8 Å². The smallest absolute Gasteiger partial charge is 0.277 e. The van der Waals surface area contributed by atoms with Gasteiger partial charge in [0.1, 0.15) is 0 Å². The lowest BCUT2D eigenvalue weighted by Crippen LogP contribution is -2.14. The molecule has 3 aromatic rings. The molecule has 134 valence electrons. The molecule has 0 saturated carbocycles. The molecule has 2 aromatic carbocycles. The normalized spacial score (nSPS) is 11.8. The average molecular weight is 380 g/mol. The van der Waals surface area contributed by atoms with E-state index in [1.807, 2.05) is 6.07 Å². The van der Waals surface area contributed by atoms with Crippen LogP contribution in [-0.4, -0.2) is 28.7 Å². The maximum atomic E-state index is 12.1. The van der Waals surface area contributed by atoms with Gasteiger partial charge in [0, 0.05) is 11.3 Å². The standard InChI is InChI=1S/C18H12N4O4S/c19-8-11-2-1-3-13(6-11)20-16(23)9-27-18-22-21-17(26-18)12-4-5-14-15(7-12)25-10-24-14/h1-7H,9-10H2,(H,20,23). The highest BCUT2D eigenvalue weighted by Gasteiger charge is 2.17. The first-order chi connectivity index (χ1) is 13.2. The molecule has 1 aromatic heterocycles. The number of fused-ring (bicyclic) bond motifs is 1. The zero-order valence-electron chi connectivity index (χ0n) is 13.8. The molecule has 0 radical (unpaired) electrons. The third-order valence-electron chi connectivity index (χ3n) is 3.63. The molecule has 8 nitrogen and oxygen atoms in total. The van der Waals surface area contributed by atoms with Crippen LogP contribution in [0.25, 0.3) is 11.5 Å². The van der Waals surface area contributed by atoms with Gasteiger partial charge in [-0.1, -0.05) is 17.8 Å². The zero-order valence-corrected chi connectivity index (χ0v) is 14.7. The molecule has 1 aliphatic rings. The number of nitrogens with zero attached hydrogens (tertiary/aromatic N) is 3. The van der Waals surface area contributed by atoms with E-state index in [-0.39, 0.29) is 23.7 Å². The van der Waals surface area contributed by atoms with Crippen LogP contribution in [0.4, 0.5) is 5.69 Å². The summed E-state index contributed by atoms with van der Waals surface area (Å²) < 4.78 is 16.2. The van der Waals surface area contributed by atoms with Crippen molar-refractivity contribution in [3.8, 4) is 29.0 Å². The molecule has 0 fully saturated rings. The number of carbonyl (C=O) groups excluding carboxylic acids is 1. The fourth-order valence-corrected chi connectivity index (χ4v) is 2.97. The van der Waals surface area contributed by atoms with E-state index in [4.69, 9.17) is 19.2 Å². The van der Waals surface area contributed by atoms with E-state index in [2.05, 4.69) is 15.5 Å². The van der Waals surface area contributed by atoms with Crippen molar-refractivity contribution in [2.75, 3.05) is 17.9 Å². The van der Waals surface area contributed by atoms with E-state index >= 15 is 0 Å². The summed E-state index contributed by atoms with van der Waals surface area (Å²) in [6, 6.07) is 14.1. The van der Waals surface area contributed by atoms with Crippen LogP contribution >= 0.6 is 11.8 Å². The molecule has 0 bridgehead atoms. The van der Waals surface area contributed by atoms with Crippen molar-refractivity contribution in [3.05, 3.63) is 48.0 Å². The van der Waals surface area contributed by atoms with Crippen molar-refractivity contribution >= 4 is 23.4 Å². The monoisotopic (exact) mass is 380 g/mol. The number of hydrogen-bond donors (Lipinski definition) is 1. The van der Waals surface area contributed by atoms with Crippen LogP contribution in [0.3, 0.4) is 0 Å². The van der Waals surface area contributed by atoms with Gasteiger partial charge in [0.25, 0.3) is 5.22 Å². The van der Waals surface area contributed by atoms with E-state index in [1.165, 1.54) is 0 Å². The number of rotatable bonds is 5. The molecule has 2 heterocycles. The van der Waals surface area contributed by atoms with Gasteiger partial charge in [-0.2, -0.15) is 5.26 Å². The molecule has 0 saturated heterocycles. The maximum absolute atomic E-state index is 12.1. The van der Waals surface area contributed by atoms with Crippen LogP contribution in [0, 0.1) is 11.3 Å². The lowest BCUT2D eigenvalue weighted by Gasteiger charge is -2.03. The Labute approximate surface area is 158 Å². The second-order valence-corrected chi connectivity index (χ2v) is 6.40. The van der Waals surface area contributed by atoms with Crippen molar-refractivity contribution in [1.29, 1.82) is 5.26 Å². The molecular formula is C18H12N4O4S. The SMILES string of the molecule is N#Cc1cccc(NC(=O)CSc2nnc(-c3ccc4c(c3)OCO4)o2)c1. The predicted molar refractivity (Wildman–Crippen MR) is 96.4 cm³/mol. The Morgan fingerprint density at radius 1 is 1.19 bits per heavy atom. The van der Waals surface area contributed by atoms with Gasteiger partial charge >= 0.3 is 0 Å². The van der Waals surface area contributed by atoms with Gasteiger partial charge in [0.05, 0.1) is 17.4 Å². The molecule has 0 spiro atoms. The minimum Gasteiger partial charge on any atom is -0.454 e. The Kier molecular flexibility index (Phi) is 4.63. The first-order valence-corrected chi connectivity index (χ1v) is 8.86. The van der Waals surface area contributed by atoms with Gasteiger partial charge in [-0.15, -0.1) is 10.2 Å². The molecule has 0 atom stereocenters. The average Bonchev–Trinajstić information content (AvgIpc) is 3.35. The van der Waals surface area contributed by atoms with Crippen LogP contribution in [0.2, 0.25) is 0 Å². The fourth-order valence-electron chi connectivity index (χ4n) is 2.41. The van der Waals surface area contributed by atoms with Crippen molar-refractivity contribution in [3.63, 3.8) is 0 Å². The van der Waals surface area contributed by atoms with E-state index in [9.17, 15) is 4.79 Å². The van der Waals surface area contributed by atoms with Crippen LogP contribution in [-0.2, 0) is 4.79 Å². The number of thioether (sulfide) groups is 1. The van der Waals surface area contributed by atoms with E-state index in [1.54, 1.807) is 42.5 Å². The summed E-state index contributed by atoms with van der Waals surface area (Å²) in [7, 11) is 0. The van der Waals surface area contributed by atoms with Gasteiger partial charge in [-0.25, -0.2) is 0 Å². The first kappa shape index (κ1) is 16.9. The summed E-state index contributed by atoms with van der Waals surface area (Å²) >= 11 is 1.13. The largest absolute Gasteiger partial charge is 0.454 e. The molecular weight excluding hydrogens is 368 g/mol. The number of hydrogen-bond acceptors (Lipinski definition) is 8. The Morgan fingerprint density at radius 3 is 2.96 bits per heavy atom. The Hall–Kier alpha value is -3.51. The second kappa shape index (κ2) is 7.39. The van der Waals surface area contributed by atoms with Crippen molar-refractivity contribution in [2.24, 2.45) is 0 Å². The van der Waals surface area contributed by atoms with Gasteiger partial charge < -0.3 is 19.2 Å². The number of anilines is 1. The van der Waals surface area contributed by atoms with Gasteiger partial charge in [-0.3, -0.25) is 4.79 Å². The number of benzene rings is 2. The quantitative estimate of drug-likeness (QED) is 0.673. The lowest BCUT2D eigenvalue weighted by molar-refractivity contribution is -0.113. The number of nitriles is 1. The Morgan fingerprint density at radius 2 is 2.07 bits per heavy atom. The Bertz CT molecular complexity index is 1040. The molecule has 27 heavy (non-hydrogen) atoms. The number of amides is 1. The molecule has 0 aliphatic carbocycles. The highest BCUT2D eigenvalue weighted by molar-refractivity contribution is 7.99. The lowest BCUT2D eigenvalue weighted by atomic mass is 10.2. The second-order valence-electron chi connectivity index (χ2n) is 5.47. The number of carbonyl (C=O) groups is 1. The molecule has 1 N–H and O–H groups in total. The maximum Gasteiger partial charge on any atom is 0.277 e. The Balaban J connectivity index is 1.37. The minimum absolute atomic E-state index is 0.0968.